The maximum absolute atomic E-state index is 12.3. The van der Waals surface area contributed by atoms with Crippen LogP contribution in [0.2, 0.25) is 0 Å². The summed E-state index contributed by atoms with van der Waals surface area (Å²) in [6.45, 7) is 0. The van der Waals surface area contributed by atoms with Gasteiger partial charge in [0.25, 0.3) is 0 Å². The number of hydrogen-bond donors (Lipinski definition) is 4. The fourth-order valence-electron chi connectivity index (χ4n) is 2.23. The van der Waals surface area contributed by atoms with Crippen LogP contribution in [0, 0.1) is 5.92 Å². The van der Waals surface area contributed by atoms with Crippen molar-refractivity contribution in [2.75, 3.05) is 0 Å². The van der Waals surface area contributed by atoms with Crippen LogP contribution in [0.3, 0.4) is 0 Å². The first-order chi connectivity index (χ1) is 10.7. The van der Waals surface area contributed by atoms with Gasteiger partial charge in [-0.3, -0.25) is 4.79 Å². The van der Waals surface area contributed by atoms with Gasteiger partial charge in [-0.15, -0.1) is 0 Å². The SMILES string of the molecule is O=C(CCc1cccc(O)c1)C1C=CC(O)=C/C1=N\P(=O)(O)O. The molecule has 1 atom stereocenters. The fraction of sp³-hybridized carbons (Fsp3) is 0.200. The Morgan fingerprint density at radius 1 is 1.26 bits per heavy atom. The molecule has 1 aromatic carbocycles. The molecule has 0 saturated heterocycles. The molecule has 0 amide bonds. The highest BCUT2D eigenvalue weighted by Crippen LogP contribution is 2.38. The zero-order valence-corrected chi connectivity index (χ0v) is 12.9. The molecule has 1 aliphatic rings. The van der Waals surface area contributed by atoms with E-state index in [1.165, 1.54) is 18.2 Å². The Hall–Kier alpha value is -2.21. The quantitative estimate of drug-likeness (QED) is 0.609. The Bertz CT molecular complexity index is 746. The average Bonchev–Trinajstić information content (AvgIpc) is 2.43. The number of aliphatic hydroxyl groups excluding tert-OH is 1. The molecule has 23 heavy (non-hydrogen) atoms. The van der Waals surface area contributed by atoms with Gasteiger partial charge in [-0.1, -0.05) is 18.2 Å². The second-order valence-corrected chi connectivity index (χ2v) is 6.31. The van der Waals surface area contributed by atoms with Crippen molar-refractivity contribution in [3.8, 4) is 5.75 Å². The minimum atomic E-state index is -4.71. The van der Waals surface area contributed by atoms with E-state index in [1.54, 1.807) is 18.2 Å². The van der Waals surface area contributed by atoms with Gasteiger partial charge < -0.3 is 20.0 Å². The largest absolute Gasteiger partial charge is 0.508 e. The zero-order chi connectivity index (χ0) is 17.0. The molecule has 7 nitrogen and oxygen atoms in total. The van der Waals surface area contributed by atoms with Crippen molar-refractivity contribution in [2.24, 2.45) is 10.7 Å². The van der Waals surface area contributed by atoms with Gasteiger partial charge in [0, 0.05) is 12.5 Å². The third kappa shape index (κ3) is 5.17. The van der Waals surface area contributed by atoms with Gasteiger partial charge in [-0.25, -0.2) is 4.57 Å². The number of rotatable bonds is 5. The molecule has 0 heterocycles. The van der Waals surface area contributed by atoms with Crippen molar-refractivity contribution in [3.63, 3.8) is 0 Å². The molecule has 8 heteroatoms. The van der Waals surface area contributed by atoms with Crippen LogP contribution in [0.15, 0.2) is 53.0 Å². The molecule has 0 bridgehead atoms. The molecule has 122 valence electrons. The lowest BCUT2D eigenvalue weighted by atomic mass is 9.90. The van der Waals surface area contributed by atoms with E-state index in [0.717, 1.165) is 11.6 Å². The van der Waals surface area contributed by atoms with Crippen molar-refractivity contribution in [1.82, 2.24) is 0 Å². The summed E-state index contributed by atoms with van der Waals surface area (Å²) in [6, 6.07) is 6.49. The Labute approximate surface area is 132 Å². The molecule has 2 rings (SSSR count). The van der Waals surface area contributed by atoms with Crippen LogP contribution in [0.5, 0.6) is 5.75 Å². The summed E-state index contributed by atoms with van der Waals surface area (Å²) in [5.41, 5.74) is 0.601. The summed E-state index contributed by atoms with van der Waals surface area (Å²) in [6.07, 6.45) is 4.18. The first kappa shape index (κ1) is 17.1. The number of benzene rings is 1. The topological polar surface area (TPSA) is 127 Å². The van der Waals surface area contributed by atoms with Gasteiger partial charge in [-0.2, -0.15) is 4.76 Å². The molecule has 0 saturated carbocycles. The minimum Gasteiger partial charge on any atom is -0.508 e. The predicted octanol–water partition coefficient (Wildman–Crippen LogP) is 2.06. The number of hydrogen-bond acceptors (Lipinski definition) is 4. The molecule has 0 radical (unpaired) electrons. The highest BCUT2D eigenvalue weighted by molar-refractivity contribution is 7.50. The average molecular weight is 337 g/mol. The summed E-state index contributed by atoms with van der Waals surface area (Å²) in [5, 5.41) is 18.8. The van der Waals surface area contributed by atoms with Crippen LogP contribution in [0.4, 0.5) is 0 Å². The Kier molecular flexibility index (Phi) is 5.15. The molecule has 4 N–H and O–H groups in total. The molecule has 0 aliphatic heterocycles. The number of phenolic OH excluding ortho intramolecular Hbond substituents is 1. The summed E-state index contributed by atoms with van der Waals surface area (Å²) in [7, 11) is -4.71. The number of Topliss-reactive ketones (excluding diaryl/α,β-unsaturated/α-hetero) is 1. The number of aryl methyl sites for hydroxylation is 1. The zero-order valence-electron chi connectivity index (χ0n) is 12.0. The third-order valence-corrected chi connectivity index (χ3v) is 3.73. The van der Waals surface area contributed by atoms with Crippen molar-refractivity contribution >= 4 is 19.2 Å². The van der Waals surface area contributed by atoms with Crippen molar-refractivity contribution < 1.29 is 29.4 Å². The van der Waals surface area contributed by atoms with Gasteiger partial charge in [0.1, 0.15) is 17.3 Å². The van der Waals surface area contributed by atoms with Crippen LogP contribution in [0.25, 0.3) is 0 Å². The summed E-state index contributed by atoms with van der Waals surface area (Å²) < 4.78 is 14.2. The minimum absolute atomic E-state index is 0.101. The molecule has 1 unspecified atom stereocenters. The summed E-state index contributed by atoms with van der Waals surface area (Å²) >= 11 is 0. The number of ketones is 1. The number of phenols is 1. The highest BCUT2D eigenvalue weighted by atomic mass is 31.2. The lowest BCUT2D eigenvalue weighted by molar-refractivity contribution is -0.119. The van der Waals surface area contributed by atoms with Crippen molar-refractivity contribution in [3.05, 3.63) is 53.8 Å². The maximum Gasteiger partial charge on any atom is 0.448 e. The van der Waals surface area contributed by atoms with Crippen LogP contribution < -0.4 is 0 Å². The van der Waals surface area contributed by atoms with Crippen molar-refractivity contribution in [2.45, 2.75) is 12.8 Å². The lowest BCUT2D eigenvalue weighted by Crippen LogP contribution is -2.23. The van der Waals surface area contributed by atoms with E-state index in [1.807, 2.05) is 0 Å². The predicted molar refractivity (Wildman–Crippen MR) is 84.3 cm³/mol. The van der Waals surface area contributed by atoms with E-state index in [-0.39, 0.29) is 29.4 Å². The first-order valence-corrected chi connectivity index (χ1v) is 8.36. The van der Waals surface area contributed by atoms with Gasteiger partial charge in [0.05, 0.1) is 11.6 Å². The van der Waals surface area contributed by atoms with E-state index in [9.17, 15) is 19.6 Å². The van der Waals surface area contributed by atoms with Gasteiger partial charge in [0.2, 0.25) is 0 Å². The Balaban J connectivity index is 2.12. The molecule has 1 aliphatic carbocycles. The Morgan fingerprint density at radius 3 is 2.65 bits per heavy atom. The van der Waals surface area contributed by atoms with Crippen LogP contribution >= 0.6 is 7.75 Å². The van der Waals surface area contributed by atoms with Gasteiger partial charge >= 0.3 is 7.75 Å². The standard InChI is InChI=1S/C15H16NO6P/c17-11-3-1-2-10(8-11)4-7-15(19)13-6-5-12(18)9-14(13)16-23(20,21)22/h1-3,5-6,8-9,13,17-18H,4,7H2,(H2,20,21,22)/b16-14+. The van der Waals surface area contributed by atoms with E-state index < -0.39 is 13.7 Å². The number of allylic oxidation sites excluding steroid dienone is 3. The smallest absolute Gasteiger partial charge is 0.448 e. The fourth-order valence-corrected chi connectivity index (χ4v) is 2.71. The number of aliphatic hydroxyl groups is 1. The van der Waals surface area contributed by atoms with E-state index in [0.29, 0.717) is 6.42 Å². The normalized spacial score (nSPS) is 19.7. The molecule has 1 aromatic rings. The molecular formula is C15H16NO6P. The van der Waals surface area contributed by atoms with Crippen LogP contribution in [-0.4, -0.2) is 31.5 Å². The first-order valence-electron chi connectivity index (χ1n) is 6.80. The summed E-state index contributed by atoms with van der Waals surface area (Å²) in [4.78, 5) is 30.2. The second-order valence-electron chi connectivity index (χ2n) is 5.08. The van der Waals surface area contributed by atoms with Crippen molar-refractivity contribution in [1.29, 1.82) is 0 Å². The van der Waals surface area contributed by atoms with E-state index in [2.05, 4.69) is 4.76 Å². The van der Waals surface area contributed by atoms with Crippen LogP contribution in [0.1, 0.15) is 12.0 Å². The molecular weight excluding hydrogens is 321 g/mol. The monoisotopic (exact) mass is 337 g/mol. The number of nitrogens with zero attached hydrogens (tertiary/aromatic N) is 1. The highest BCUT2D eigenvalue weighted by Gasteiger charge is 2.26. The second kappa shape index (κ2) is 6.91. The molecule has 0 aromatic heterocycles. The lowest BCUT2D eigenvalue weighted by Gasteiger charge is -2.16. The van der Waals surface area contributed by atoms with E-state index >= 15 is 0 Å². The third-order valence-electron chi connectivity index (χ3n) is 3.24. The number of carbonyl (C=O) groups is 1. The van der Waals surface area contributed by atoms with E-state index in [4.69, 9.17) is 9.79 Å². The molecule has 0 spiro atoms. The van der Waals surface area contributed by atoms with Crippen LogP contribution in [-0.2, 0) is 15.8 Å². The number of carbonyl (C=O) groups excluding carboxylic acids is 1. The maximum atomic E-state index is 12.3. The molecule has 0 fully saturated rings. The summed E-state index contributed by atoms with van der Waals surface area (Å²) in [5.74, 6) is -1.34. The number of aromatic hydroxyl groups is 1. The van der Waals surface area contributed by atoms with Gasteiger partial charge in [-0.05, 0) is 30.2 Å². The van der Waals surface area contributed by atoms with Gasteiger partial charge in [0.15, 0.2) is 0 Å². The Morgan fingerprint density at radius 2 is 2.00 bits per heavy atom.